The van der Waals surface area contributed by atoms with Crippen molar-refractivity contribution in [3.05, 3.63) is 83.7 Å². The molecule has 49 heavy (non-hydrogen) atoms. The highest BCUT2D eigenvalue weighted by Crippen LogP contribution is 2.31. The molecule has 4 rings (SSSR count). The number of benzene rings is 2. The Labute approximate surface area is 285 Å². The van der Waals surface area contributed by atoms with Crippen LogP contribution in [0, 0.1) is 5.92 Å². The molecule has 0 saturated carbocycles. The number of pyridine rings is 1. The van der Waals surface area contributed by atoms with Gasteiger partial charge in [0.1, 0.15) is 5.75 Å². The molecule has 10 nitrogen and oxygen atoms in total. The molecule has 4 atom stereocenters. The number of amides is 3. The maximum absolute atomic E-state index is 14.3. The average Bonchev–Trinajstić information content (AvgIpc) is 3.06. The predicted octanol–water partition coefficient (Wildman–Crippen LogP) is 6.67. The molecule has 3 aromatic rings. The van der Waals surface area contributed by atoms with Gasteiger partial charge in [0, 0.05) is 55.9 Å². The Morgan fingerprint density at radius 3 is 2.41 bits per heavy atom. The fraction of sp³-hybridized carbons (Fsp3) is 0.472. The van der Waals surface area contributed by atoms with Crippen molar-refractivity contribution in [2.75, 3.05) is 44.0 Å². The molecule has 0 unspecified atom stereocenters. The van der Waals surface area contributed by atoms with Crippen LogP contribution in [0.15, 0.2) is 67.0 Å². The largest absolute Gasteiger partial charge is 0.490 e. The van der Waals surface area contributed by atoms with Gasteiger partial charge in [-0.2, -0.15) is 13.2 Å². The van der Waals surface area contributed by atoms with Crippen LogP contribution in [-0.2, 0) is 17.5 Å². The average molecular weight is 686 g/mol. The zero-order chi connectivity index (χ0) is 35.6. The highest BCUT2D eigenvalue weighted by atomic mass is 19.4. The summed E-state index contributed by atoms with van der Waals surface area (Å²) in [6.07, 6.45) is 1.03. The lowest BCUT2D eigenvalue weighted by Gasteiger charge is -2.36. The lowest BCUT2D eigenvalue weighted by atomic mass is 10.0. The van der Waals surface area contributed by atoms with Crippen molar-refractivity contribution < 1.29 is 37.3 Å². The third kappa shape index (κ3) is 11.2. The van der Waals surface area contributed by atoms with Crippen LogP contribution < -0.4 is 15.4 Å². The molecule has 3 amide bonds. The Balaban J connectivity index is 1.57. The van der Waals surface area contributed by atoms with Crippen molar-refractivity contribution in [1.29, 1.82) is 0 Å². The van der Waals surface area contributed by atoms with E-state index in [9.17, 15) is 27.9 Å². The molecule has 1 aromatic heterocycles. The fourth-order valence-electron chi connectivity index (χ4n) is 5.67. The molecule has 0 radical (unpaired) electrons. The molecule has 0 fully saturated rings. The van der Waals surface area contributed by atoms with Gasteiger partial charge < -0.3 is 30.1 Å². The third-order valence-corrected chi connectivity index (χ3v) is 8.47. The first-order valence-corrected chi connectivity index (χ1v) is 16.5. The number of halogens is 3. The third-order valence-electron chi connectivity index (χ3n) is 8.47. The summed E-state index contributed by atoms with van der Waals surface area (Å²) in [4.78, 5) is 35.0. The van der Waals surface area contributed by atoms with Gasteiger partial charge in [0.25, 0.3) is 5.91 Å². The number of ether oxygens (including phenoxy) is 2. The SMILES string of the molecule is C[C@H]1CCCCO[C@@H](CN(C)Cc2ccncc2)[C@@H](C)CN([C@@H](C)CO)C(=O)c2cc(NC(=O)Nc3ccc(C(F)(F)F)cc3)ccc2O1. The number of fused-ring (bicyclic) bond motifs is 1. The number of nitrogens with one attached hydrogen (secondary N) is 2. The summed E-state index contributed by atoms with van der Waals surface area (Å²) in [5.74, 6) is -0.154. The summed E-state index contributed by atoms with van der Waals surface area (Å²) < 4.78 is 51.5. The van der Waals surface area contributed by atoms with Gasteiger partial charge in [0.05, 0.1) is 36.0 Å². The minimum absolute atomic E-state index is 0.111. The van der Waals surface area contributed by atoms with E-state index in [2.05, 4.69) is 20.5 Å². The standard InChI is InChI=1S/C36H46F3N5O5/c1-24-20-44(25(2)23-45)34(46)31-19-30(42-35(47)41-29-10-8-28(9-11-29)36(37,38)39)12-13-32(31)49-26(3)7-5-6-18-48-33(24)22-43(4)21-27-14-16-40-17-15-27/h8-17,19,24-26,33,45H,5-7,18,20-23H2,1-4H3,(H2,41,42,47)/t24-,25-,26-,33-/m0/s1. The number of carbonyl (C=O) groups is 2. The van der Waals surface area contributed by atoms with Crippen LogP contribution in [0.1, 0.15) is 61.5 Å². The summed E-state index contributed by atoms with van der Waals surface area (Å²) in [6, 6.07) is 11.5. The Hall–Kier alpha value is -4.20. The highest BCUT2D eigenvalue weighted by molar-refractivity contribution is 6.02. The zero-order valence-electron chi connectivity index (χ0n) is 28.4. The lowest BCUT2D eigenvalue weighted by molar-refractivity contribution is -0.137. The topological polar surface area (TPSA) is 116 Å². The second kappa shape index (κ2) is 17.5. The number of urea groups is 1. The van der Waals surface area contributed by atoms with E-state index in [4.69, 9.17) is 9.47 Å². The van der Waals surface area contributed by atoms with E-state index >= 15 is 0 Å². The minimum Gasteiger partial charge on any atom is -0.490 e. The molecule has 3 N–H and O–H groups in total. The van der Waals surface area contributed by atoms with E-state index in [0.29, 0.717) is 25.4 Å². The van der Waals surface area contributed by atoms with Crippen LogP contribution >= 0.6 is 0 Å². The molecule has 266 valence electrons. The maximum atomic E-state index is 14.3. The number of nitrogens with zero attached hydrogens (tertiary/aromatic N) is 3. The first kappa shape index (κ1) is 37.6. The van der Waals surface area contributed by atoms with E-state index in [0.717, 1.165) is 49.1 Å². The number of aliphatic hydroxyl groups excluding tert-OH is 1. The molecule has 1 aliphatic heterocycles. The van der Waals surface area contributed by atoms with Crippen molar-refractivity contribution >= 4 is 23.3 Å². The van der Waals surface area contributed by atoms with Crippen LogP contribution in [-0.4, -0.2) is 83.4 Å². The van der Waals surface area contributed by atoms with Crippen LogP contribution in [0.5, 0.6) is 5.75 Å². The van der Waals surface area contributed by atoms with Gasteiger partial charge in [0.15, 0.2) is 0 Å². The van der Waals surface area contributed by atoms with Crippen LogP contribution in [0.25, 0.3) is 0 Å². The second-order valence-corrected chi connectivity index (χ2v) is 12.7. The summed E-state index contributed by atoms with van der Waals surface area (Å²) in [5, 5.41) is 15.4. The number of hydrogen-bond acceptors (Lipinski definition) is 7. The Bertz CT molecular complexity index is 1510. The summed E-state index contributed by atoms with van der Waals surface area (Å²) in [5.41, 5.74) is 0.939. The number of carbonyl (C=O) groups excluding carboxylic acids is 2. The molecule has 1 aliphatic rings. The summed E-state index contributed by atoms with van der Waals surface area (Å²) in [7, 11) is 2.03. The molecule has 0 spiro atoms. The molecular weight excluding hydrogens is 639 g/mol. The quantitative estimate of drug-likeness (QED) is 0.243. The highest BCUT2D eigenvalue weighted by Gasteiger charge is 2.31. The molecule has 0 bridgehead atoms. The van der Waals surface area contributed by atoms with E-state index in [1.54, 1.807) is 36.4 Å². The number of likely N-dealkylation sites (N-methyl/N-ethyl adjacent to an activating group) is 1. The number of anilines is 2. The molecule has 0 aliphatic carbocycles. The van der Waals surface area contributed by atoms with E-state index < -0.39 is 23.8 Å². The van der Waals surface area contributed by atoms with Gasteiger partial charge in [0.2, 0.25) is 0 Å². The van der Waals surface area contributed by atoms with Gasteiger partial charge in [-0.05, 0) is 100 Å². The first-order valence-electron chi connectivity index (χ1n) is 16.5. The first-order chi connectivity index (χ1) is 23.3. The van der Waals surface area contributed by atoms with Gasteiger partial charge in [-0.3, -0.25) is 14.7 Å². The molecule has 2 aromatic carbocycles. The normalized spacial score (nSPS) is 20.1. The fourth-order valence-corrected chi connectivity index (χ4v) is 5.67. The van der Waals surface area contributed by atoms with E-state index in [-0.39, 0.29) is 54.1 Å². The monoisotopic (exact) mass is 685 g/mol. The minimum atomic E-state index is -4.49. The Morgan fingerprint density at radius 1 is 1.06 bits per heavy atom. The Morgan fingerprint density at radius 2 is 1.73 bits per heavy atom. The second-order valence-electron chi connectivity index (χ2n) is 12.7. The number of rotatable bonds is 8. The van der Waals surface area contributed by atoms with Crippen LogP contribution in [0.4, 0.5) is 29.3 Å². The lowest BCUT2D eigenvalue weighted by Crippen LogP contribution is -2.47. The molecule has 2 heterocycles. The van der Waals surface area contributed by atoms with E-state index in [1.165, 1.54) is 6.07 Å². The molecule has 13 heteroatoms. The predicted molar refractivity (Wildman–Crippen MR) is 182 cm³/mol. The number of hydrogen-bond donors (Lipinski definition) is 3. The molecule has 0 saturated heterocycles. The van der Waals surface area contributed by atoms with Gasteiger partial charge in [-0.1, -0.05) is 6.92 Å². The van der Waals surface area contributed by atoms with Crippen molar-refractivity contribution in [2.45, 2.75) is 71.0 Å². The zero-order valence-corrected chi connectivity index (χ0v) is 28.4. The number of aromatic nitrogens is 1. The number of alkyl halides is 3. The summed E-state index contributed by atoms with van der Waals surface area (Å²) in [6.45, 7) is 7.63. The van der Waals surface area contributed by atoms with Gasteiger partial charge >= 0.3 is 12.2 Å². The smallest absolute Gasteiger partial charge is 0.416 e. The molecular formula is C36H46F3N5O5. The van der Waals surface area contributed by atoms with Crippen molar-refractivity contribution in [2.24, 2.45) is 5.92 Å². The van der Waals surface area contributed by atoms with Gasteiger partial charge in [-0.25, -0.2) is 4.79 Å². The maximum Gasteiger partial charge on any atom is 0.416 e. The number of aliphatic hydroxyl groups is 1. The summed E-state index contributed by atoms with van der Waals surface area (Å²) >= 11 is 0. The van der Waals surface area contributed by atoms with Crippen molar-refractivity contribution in [1.82, 2.24) is 14.8 Å². The van der Waals surface area contributed by atoms with E-state index in [1.807, 2.05) is 33.0 Å². The van der Waals surface area contributed by atoms with Gasteiger partial charge in [-0.15, -0.1) is 0 Å². The van der Waals surface area contributed by atoms with Crippen LogP contribution in [0.2, 0.25) is 0 Å². The van der Waals surface area contributed by atoms with Crippen molar-refractivity contribution in [3.8, 4) is 5.75 Å². The van der Waals surface area contributed by atoms with Crippen molar-refractivity contribution in [3.63, 3.8) is 0 Å². The Kier molecular flexibility index (Phi) is 13.4. The van der Waals surface area contributed by atoms with Crippen LogP contribution in [0.3, 0.4) is 0 Å².